The molecule has 2 heterocycles. The Morgan fingerprint density at radius 2 is 2.00 bits per heavy atom. The van der Waals surface area contributed by atoms with Crippen LogP contribution >= 0.6 is 0 Å². The van der Waals surface area contributed by atoms with Gasteiger partial charge in [-0.2, -0.15) is 0 Å². The molecule has 1 aromatic carbocycles. The first-order chi connectivity index (χ1) is 13.1. The number of fused-ring (bicyclic) bond motifs is 2. The molecule has 1 spiro atoms. The second-order valence-corrected chi connectivity index (χ2v) is 7.78. The van der Waals surface area contributed by atoms with Crippen LogP contribution in [0.25, 0.3) is 0 Å². The molecular weight excluding hydrogens is 366 g/mol. The SMILES string of the molecule is CC(C)(C)NC(=O)COC(=O)CN1C(=O)N[C@@]2(CCOc3ccccc32)C1=O. The predicted molar refractivity (Wildman–Crippen MR) is 97.3 cm³/mol. The summed E-state index contributed by atoms with van der Waals surface area (Å²) in [6.45, 7) is 4.59. The molecule has 1 aromatic rings. The second kappa shape index (κ2) is 7.14. The average molecular weight is 389 g/mol. The Labute approximate surface area is 162 Å². The number of amides is 4. The normalized spacial score (nSPS) is 21.0. The minimum atomic E-state index is -1.25. The molecule has 0 aliphatic carbocycles. The van der Waals surface area contributed by atoms with Crippen LogP contribution in [0.1, 0.15) is 32.8 Å². The van der Waals surface area contributed by atoms with Gasteiger partial charge in [0.1, 0.15) is 12.3 Å². The summed E-state index contributed by atoms with van der Waals surface area (Å²) in [5.74, 6) is -1.33. The molecule has 0 bridgehead atoms. The third-order valence-electron chi connectivity index (χ3n) is 4.42. The Bertz CT molecular complexity index is 831. The summed E-state index contributed by atoms with van der Waals surface area (Å²) in [7, 11) is 0. The van der Waals surface area contributed by atoms with Crippen LogP contribution in [0.5, 0.6) is 5.75 Å². The van der Waals surface area contributed by atoms with Crippen LogP contribution in [0.15, 0.2) is 24.3 Å². The number of nitrogens with zero attached hydrogens (tertiary/aromatic N) is 1. The molecule has 9 nitrogen and oxygen atoms in total. The van der Waals surface area contributed by atoms with Gasteiger partial charge < -0.3 is 20.1 Å². The Morgan fingerprint density at radius 1 is 1.29 bits per heavy atom. The number of rotatable bonds is 4. The molecule has 2 aliphatic rings. The number of carbonyl (C=O) groups excluding carboxylic acids is 4. The van der Waals surface area contributed by atoms with Gasteiger partial charge in [0.05, 0.1) is 6.61 Å². The molecule has 1 saturated heterocycles. The first-order valence-electron chi connectivity index (χ1n) is 8.95. The van der Waals surface area contributed by atoms with Crippen LogP contribution in [-0.4, -0.2) is 54.0 Å². The van der Waals surface area contributed by atoms with E-state index < -0.39 is 48.0 Å². The zero-order chi connectivity index (χ0) is 20.5. The largest absolute Gasteiger partial charge is 0.493 e. The van der Waals surface area contributed by atoms with Gasteiger partial charge in [0.2, 0.25) is 0 Å². The van der Waals surface area contributed by atoms with Gasteiger partial charge in [-0.05, 0) is 26.8 Å². The lowest BCUT2D eigenvalue weighted by Crippen LogP contribution is -2.48. The molecule has 1 atom stereocenters. The first-order valence-corrected chi connectivity index (χ1v) is 8.95. The fourth-order valence-electron chi connectivity index (χ4n) is 3.29. The van der Waals surface area contributed by atoms with E-state index in [4.69, 9.17) is 9.47 Å². The molecule has 2 aliphatic heterocycles. The average Bonchev–Trinajstić information content (AvgIpc) is 2.84. The maximum atomic E-state index is 13.0. The van der Waals surface area contributed by atoms with E-state index in [1.54, 1.807) is 45.0 Å². The molecule has 0 saturated carbocycles. The van der Waals surface area contributed by atoms with Crippen molar-refractivity contribution < 1.29 is 28.7 Å². The van der Waals surface area contributed by atoms with Crippen molar-refractivity contribution in [1.82, 2.24) is 15.5 Å². The number of ether oxygens (including phenoxy) is 2. The molecule has 4 amide bonds. The van der Waals surface area contributed by atoms with Crippen LogP contribution in [0, 0.1) is 0 Å². The number of hydrogen-bond donors (Lipinski definition) is 2. The zero-order valence-corrected chi connectivity index (χ0v) is 16.0. The van der Waals surface area contributed by atoms with Gasteiger partial charge in [-0.1, -0.05) is 18.2 Å². The number of para-hydroxylation sites is 1. The molecule has 0 aromatic heterocycles. The van der Waals surface area contributed by atoms with Crippen molar-refractivity contribution in [1.29, 1.82) is 0 Å². The molecule has 1 fully saturated rings. The summed E-state index contributed by atoms with van der Waals surface area (Å²) in [5.41, 5.74) is -1.16. The number of carbonyl (C=O) groups is 4. The van der Waals surface area contributed by atoms with Crippen molar-refractivity contribution in [3.63, 3.8) is 0 Å². The highest BCUT2D eigenvalue weighted by atomic mass is 16.5. The third kappa shape index (κ3) is 3.78. The van der Waals surface area contributed by atoms with E-state index in [1.807, 2.05) is 0 Å². The van der Waals surface area contributed by atoms with Gasteiger partial charge >= 0.3 is 12.0 Å². The molecule has 150 valence electrons. The topological polar surface area (TPSA) is 114 Å². The van der Waals surface area contributed by atoms with Gasteiger partial charge in [0, 0.05) is 17.5 Å². The van der Waals surface area contributed by atoms with E-state index in [-0.39, 0.29) is 13.0 Å². The van der Waals surface area contributed by atoms with Crippen molar-refractivity contribution in [2.75, 3.05) is 19.8 Å². The summed E-state index contributed by atoms with van der Waals surface area (Å²) in [4.78, 5) is 50.0. The molecule has 9 heteroatoms. The molecule has 28 heavy (non-hydrogen) atoms. The van der Waals surface area contributed by atoms with Crippen LogP contribution in [-0.2, 0) is 24.7 Å². The highest BCUT2D eigenvalue weighted by Gasteiger charge is 2.55. The summed E-state index contributed by atoms with van der Waals surface area (Å²) < 4.78 is 10.5. The molecule has 3 rings (SSSR count). The minimum absolute atomic E-state index is 0.258. The van der Waals surface area contributed by atoms with E-state index in [1.165, 1.54) is 0 Å². The fraction of sp³-hybridized carbons (Fsp3) is 0.474. The van der Waals surface area contributed by atoms with Crippen molar-refractivity contribution in [2.45, 2.75) is 38.3 Å². The standard InChI is InChI=1S/C19H23N3O6/c1-18(2,3)20-14(23)11-28-15(24)10-22-16(25)19(21-17(22)26)8-9-27-13-7-5-4-6-12(13)19/h4-7H,8-11H2,1-3H3,(H,20,23)(H,21,26)/t19-/m1/s1. The Kier molecular flexibility index (Phi) is 5.01. The van der Waals surface area contributed by atoms with Gasteiger partial charge in [0.25, 0.3) is 11.8 Å². The van der Waals surface area contributed by atoms with Gasteiger partial charge in [-0.3, -0.25) is 19.3 Å². The lowest BCUT2D eigenvalue weighted by molar-refractivity contribution is -0.151. The first kappa shape index (κ1) is 19.7. The van der Waals surface area contributed by atoms with Crippen LogP contribution in [0.3, 0.4) is 0 Å². The van der Waals surface area contributed by atoms with Crippen molar-refractivity contribution in [2.24, 2.45) is 0 Å². The van der Waals surface area contributed by atoms with E-state index >= 15 is 0 Å². The van der Waals surface area contributed by atoms with Crippen LogP contribution in [0.4, 0.5) is 4.79 Å². The van der Waals surface area contributed by atoms with Gasteiger partial charge in [0.15, 0.2) is 12.1 Å². The molecule has 0 radical (unpaired) electrons. The summed E-state index contributed by atoms with van der Waals surface area (Å²) >= 11 is 0. The van der Waals surface area contributed by atoms with Gasteiger partial charge in [-0.15, -0.1) is 0 Å². The minimum Gasteiger partial charge on any atom is -0.493 e. The van der Waals surface area contributed by atoms with E-state index in [0.29, 0.717) is 11.3 Å². The highest BCUT2D eigenvalue weighted by Crippen LogP contribution is 2.40. The number of nitrogens with one attached hydrogen (secondary N) is 2. The van der Waals surface area contributed by atoms with E-state index in [9.17, 15) is 19.2 Å². The smallest absolute Gasteiger partial charge is 0.326 e. The van der Waals surface area contributed by atoms with Gasteiger partial charge in [-0.25, -0.2) is 4.79 Å². The number of hydrogen-bond acceptors (Lipinski definition) is 6. The lowest BCUT2D eigenvalue weighted by atomic mass is 9.84. The lowest BCUT2D eigenvalue weighted by Gasteiger charge is -2.33. The molecular formula is C19H23N3O6. The second-order valence-electron chi connectivity index (χ2n) is 7.78. The quantitative estimate of drug-likeness (QED) is 0.578. The Balaban J connectivity index is 1.67. The van der Waals surface area contributed by atoms with E-state index in [2.05, 4.69) is 10.6 Å². The maximum Gasteiger partial charge on any atom is 0.326 e. The van der Waals surface area contributed by atoms with E-state index in [0.717, 1.165) is 4.90 Å². The number of urea groups is 1. The summed E-state index contributed by atoms with van der Waals surface area (Å²) in [6.07, 6.45) is 0.258. The Hall–Kier alpha value is -3.10. The maximum absolute atomic E-state index is 13.0. The Morgan fingerprint density at radius 3 is 2.71 bits per heavy atom. The number of esters is 1. The molecule has 0 unspecified atom stereocenters. The highest BCUT2D eigenvalue weighted by molar-refractivity contribution is 6.09. The predicted octanol–water partition coefficient (Wildman–Crippen LogP) is 0.674. The van der Waals surface area contributed by atoms with Crippen LogP contribution in [0.2, 0.25) is 0 Å². The third-order valence-corrected chi connectivity index (χ3v) is 4.42. The van der Waals surface area contributed by atoms with Crippen LogP contribution < -0.4 is 15.4 Å². The van der Waals surface area contributed by atoms with Crippen molar-refractivity contribution in [3.05, 3.63) is 29.8 Å². The number of imide groups is 1. The fourth-order valence-corrected chi connectivity index (χ4v) is 3.29. The zero-order valence-electron chi connectivity index (χ0n) is 16.0. The van der Waals surface area contributed by atoms with Crippen molar-refractivity contribution in [3.8, 4) is 5.75 Å². The van der Waals surface area contributed by atoms with Crippen molar-refractivity contribution >= 4 is 23.8 Å². The summed E-state index contributed by atoms with van der Waals surface area (Å²) in [5, 5.41) is 5.35. The number of benzene rings is 1. The summed E-state index contributed by atoms with van der Waals surface area (Å²) in [6, 6.07) is 6.28. The monoisotopic (exact) mass is 389 g/mol. The molecule has 2 N–H and O–H groups in total.